The number of hydrogen-bond donors (Lipinski definition) is 1. The Morgan fingerprint density at radius 3 is 1.36 bits per heavy atom. The molecule has 0 heterocycles. The van der Waals surface area contributed by atoms with E-state index < -0.39 is 0 Å². The minimum absolute atomic E-state index is 0.306. The third kappa shape index (κ3) is 25.7. The number of hydrogen-bond acceptors (Lipinski definition) is 1. The van der Waals surface area contributed by atoms with Crippen molar-refractivity contribution in [2.24, 2.45) is 5.92 Å². The second-order valence-corrected chi connectivity index (χ2v) is 3.28. The Kier molecular flexibility index (Phi) is 15.5. The van der Waals surface area contributed by atoms with Crippen molar-refractivity contribution in [3.05, 3.63) is 0 Å². The van der Waals surface area contributed by atoms with E-state index in [1.54, 1.807) is 0 Å². The highest BCUT2D eigenvalue weighted by molar-refractivity contribution is 4.32. The second-order valence-electron chi connectivity index (χ2n) is 3.28. The molecule has 0 unspecified atom stereocenters. The quantitative estimate of drug-likeness (QED) is 0.626. The molecule has 0 aromatic carbocycles. The zero-order valence-electron chi connectivity index (χ0n) is 8.56. The average Bonchev–Trinajstić information content (AvgIpc) is 2.02. The molecule has 0 fully saturated rings. The third-order valence-corrected chi connectivity index (χ3v) is 1.32. The molecule has 0 saturated heterocycles. The molecule has 11 heavy (non-hydrogen) atoms. The van der Waals surface area contributed by atoms with Crippen LogP contribution >= 0.6 is 0 Å². The van der Waals surface area contributed by atoms with Crippen molar-refractivity contribution in [3.8, 4) is 0 Å². The van der Waals surface area contributed by atoms with Gasteiger partial charge in [-0.25, -0.2) is 0 Å². The zero-order chi connectivity index (χ0) is 9.11. The molecular formula is C10H24O. The van der Waals surface area contributed by atoms with E-state index in [1.165, 1.54) is 25.7 Å². The van der Waals surface area contributed by atoms with Crippen molar-refractivity contribution < 1.29 is 5.11 Å². The highest BCUT2D eigenvalue weighted by Gasteiger charge is 1.81. The van der Waals surface area contributed by atoms with E-state index in [1.807, 2.05) is 13.8 Å². The molecular weight excluding hydrogens is 136 g/mol. The van der Waals surface area contributed by atoms with Gasteiger partial charge in [0, 0.05) is 6.61 Å². The first-order chi connectivity index (χ1) is 5.18. The molecule has 0 amide bonds. The molecule has 0 spiro atoms. The van der Waals surface area contributed by atoms with Crippen LogP contribution in [0.3, 0.4) is 0 Å². The fraction of sp³-hybridized carbons (Fsp3) is 1.00. The van der Waals surface area contributed by atoms with Crippen molar-refractivity contribution in [1.82, 2.24) is 0 Å². The van der Waals surface area contributed by atoms with Gasteiger partial charge in [0.05, 0.1) is 0 Å². The molecule has 0 rings (SSSR count). The molecule has 0 bridgehead atoms. The molecule has 0 saturated carbocycles. The molecule has 0 radical (unpaired) electrons. The van der Waals surface area contributed by atoms with Gasteiger partial charge in [-0.2, -0.15) is 0 Å². The predicted molar refractivity (Wildman–Crippen MR) is 51.7 cm³/mol. The van der Waals surface area contributed by atoms with Crippen LogP contribution in [-0.4, -0.2) is 11.7 Å². The van der Waals surface area contributed by atoms with Crippen LogP contribution in [0.5, 0.6) is 0 Å². The maximum absolute atomic E-state index is 8.14. The van der Waals surface area contributed by atoms with Gasteiger partial charge in [-0.3, -0.25) is 0 Å². The fourth-order valence-corrected chi connectivity index (χ4v) is 0.500. The van der Waals surface area contributed by atoms with E-state index >= 15 is 0 Å². The summed E-state index contributed by atoms with van der Waals surface area (Å²) in [6.07, 6.45) is 5.54. The van der Waals surface area contributed by atoms with Crippen molar-refractivity contribution in [3.63, 3.8) is 0 Å². The first-order valence-electron chi connectivity index (χ1n) is 4.79. The van der Waals surface area contributed by atoms with Gasteiger partial charge in [-0.05, 0) is 5.92 Å². The van der Waals surface area contributed by atoms with E-state index in [0.717, 1.165) is 0 Å². The Hall–Kier alpha value is -0.0400. The van der Waals surface area contributed by atoms with Gasteiger partial charge in [0.2, 0.25) is 0 Å². The summed E-state index contributed by atoms with van der Waals surface area (Å²) in [7, 11) is 0. The van der Waals surface area contributed by atoms with Crippen LogP contribution in [0.15, 0.2) is 0 Å². The second kappa shape index (κ2) is 12.6. The Bertz CT molecular complexity index is 46.8. The SMILES string of the molecule is CC(C)CO.CCCCCC. The molecule has 0 aromatic rings. The van der Waals surface area contributed by atoms with Crippen LogP contribution in [0.1, 0.15) is 53.4 Å². The van der Waals surface area contributed by atoms with Crippen molar-refractivity contribution in [2.45, 2.75) is 53.4 Å². The first-order valence-corrected chi connectivity index (χ1v) is 4.79. The van der Waals surface area contributed by atoms with Crippen molar-refractivity contribution in [1.29, 1.82) is 0 Å². The summed E-state index contributed by atoms with van der Waals surface area (Å²) in [6.45, 7) is 8.71. The minimum Gasteiger partial charge on any atom is -0.396 e. The summed E-state index contributed by atoms with van der Waals surface area (Å²) >= 11 is 0. The smallest absolute Gasteiger partial charge is 0.0453 e. The summed E-state index contributed by atoms with van der Waals surface area (Å²) in [5.41, 5.74) is 0. The summed E-state index contributed by atoms with van der Waals surface area (Å²) in [5.74, 6) is 0.440. The molecule has 0 atom stereocenters. The Balaban J connectivity index is 0. The van der Waals surface area contributed by atoms with Gasteiger partial charge in [0.25, 0.3) is 0 Å². The molecule has 70 valence electrons. The number of aliphatic hydroxyl groups is 1. The molecule has 0 aromatic heterocycles. The highest BCUT2D eigenvalue weighted by Crippen LogP contribution is 1.95. The first kappa shape index (κ1) is 13.5. The van der Waals surface area contributed by atoms with Crippen molar-refractivity contribution >= 4 is 0 Å². The van der Waals surface area contributed by atoms with Crippen LogP contribution in [0, 0.1) is 5.92 Å². The van der Waals surface area contributed by atoms with Gasteiger partial charge in [0.1, 0.15) is 0 Å². The lowest BCUT2D eigenvalue weighted by Gasteiger charge is -1.90. The van der Waals surface area contributed by atoms with E-state index in [4.69, 9.17) is 5.11 Å². The van der Waals surface area contributed by atoms with Crippen molar-refractivity contribution in [2.75, 3.05) is 6.61 Å². The van der Waals surface area contributed by atoms with Gasteiger partial charge in [0.15, 0.2) is 0 Å². The summed E-state index contributed by atoms with van der Waals surface area (Å²) in [6, 6.07) is 0. The monoisotopic (exact) mass is 160 g/mol. The maximum atomic E-state index is 8.14. The third-order valence-electron chi connectivity index (χ3n) is 1.32. The zero-order valence-corrected chi connectivity index (χ0v) is 8.56. The normalized spacial score (nSPS) is 9.27. The van der Waals surface area contributed by atoms with Gasteiger partial charge < -0.3 is 5.11 Å². The van der Waals surface area contributed by atoms with E-state index in [9.17, 15) is 0 Å². The molecule has 1 nitrogen and oxygen atoms in total. The molecule has 0 aliphatic rings. The topological polar surface area (TPSA) is 20.2 Å². The molecule has 1 N–H and O–H groups in total. The number of aliphatic hydroxyl groups excluding tert-OH is 1. The predicted octanol–water partition coefficient (Wildman–Crippen LogP) is 3.22. The molecule has 0 aliphatic heterocycles. The Morgan fingerprint density at radius 2 is 1.27 bits per heavy atom. The van der Waals surface area contributed by atoms with Gasteiger partial charge >= 0.3 is 0 Å². The minimum atomic E-state index is 0.306. The summed E-state index contributed by atoms with van der Waals surface area (Å²) in [5, 5.41) is 8.14. The largest absolute Gasteiger partial charge is 0.396 e. The molecule has 0 aliphatic carbocycles. The van der Waals surface area contributed by atoms with Crippen LogP contribution in [-0.2, 0) is 0 Å². The average molecular weight is 160 g/mol. The van der Waals surface area contributed by atoms with Crippen LogP contribution in [0.2, 0.25) is 0 Å². The lowest BCUT2D eigenvalue weighted by Crippen LogP contribution is -1.90. The number of unbranched alkanes of at least 4 members (excludes halogenated alkanes) is 3. The lowest BCUT2D eigenvalue weighted by atomic mass is 10.2. The summed E-state index contributed by atoms with van der Waals surface area (Å²) in [4.78, 5) is 0. The number of rotatable bonds is 4. The standard InChI is InChI=1S/C6H14.C4H10O/c1-3-5-6-4-2;1-4(2)3-5/h3-6H2,1-2H3;4-5H,3H2,1-2H3. The van der Waals surface area contributed by atoms with Gasteiger partial charge in [-0.15, -0.1) is 0 Å². The van der Waals surface area contributed by atoms with E-state index in [2.05, 4.69) is 13.8 Å². The molecule has 1 heteroatoms. The lowest BCUT2D eigenvalue weighted by molar-refractivity contribution is 0.248. The Morgan fingerprint density at radius 1 is 1.00 bits per heavy atom. The Labute approximate surface area is 71.8 Å². The van der Waals surface area contributed by atoms with Gasteiger partial charge in [-0.1, -0.05) is 53.4 Å². The van der Waals surface area contributed by atoms with Crippen LogP contribution in [0.25, 0.3) is 0 Å². The fourth-order valence-electron chi connectivity index (χ4n) is 0.500. The van der Waals surface area contributed by atoms with E-state index in [-0.39, 0.29) is 0 Å². The highest BCUT2D eigenvalue weighted by atomic mass is 16.3. The van der Waals surface area contributed by atoms with E-state index in [0.29, 0.717) is 12.5 Å². The maximum Gasteiger partial charge on any atom is 0.0453 e. The van der Waals surface area contributed by atoms with Crippen LogP contribution in [0.4, 0.5) is 0 Å². The van der Waals surface area contributed by atoms with Crippen LogP contribution < -0.4 is 0 Å². The summed E-state index contributed by atoms with van der Waals surface area (Å²) < 4.78 is 0.